The summed E-state index contributed by atoms with van der Waals surface area (Å²) in [5, 5.41) is 5.72. The first-order valence-corrected chi connectivity index (χ1v) is 6.83. The van der Waals surface area contributed by atoms with Crippen LogP contribution in [0.5, 0.6) is 0 Å². The first kappa shape index (κ1) is 15.0. The average Bonchev–Trinajstić information content (AvgIpc) is 2.44. The van der Waals surface area contributed by atoms with Crippen molar-refractivity contribution in [2.24, 2.45) is 0 Å². The molecule has 1 amide bonds. The summed E-state index contributed by atoms with van der Waals surface area (Å²) >= 11 is 0. The van der Waals surface area contributed by atoms with Crippen molar-refractivity contribution < 1.29 is 9.18 Å². The van der Waals surface area contributed by atoms with Crippen molar-refractivity contribution in [3.05, 3.63) is 58.9 Å². The van der Waals surface area contributed by atoms with Crippen molar-refractivity contribution in [1.29, 1.82) is 0 Å². The number of carbonyl (C=O) groups is 1. The van der Waals surface area contributed by atoms with Crippen molar-refractivity contribution in [3.63, 3.8) is 0 Å². The van der Waals surface area contributed by atoms with E-state index in [0.29, 0.717) is 11.3 Å². The number of nitrogens with one attached hydrogen (secondary N) is 2. The number of aryl methyl sites for hydroxylation is 3. The highest BCUT2D eigenvalue weighted by molar-refractivity contribution is 5.93. The van der Waals surface area contributed by atoms with Crippen LogP contribution in [0.1, 0.15) is 16.7 Å². The second kappa shape index (κ2) is 6.39. The molecule has 0 aliphatic rings. The number of anilines is 2. The lowest BCUT2D eigenvalue weighted by Gasteiger charge is -2.10. The molecule has 4 heteroatoms. The predicted octanol–water partition coefficient (Wildman–Crippen LogP) is 3.80. The summed E-state index contributed by atoms with van der Waals surface area (Å²) < 4.78 is 13.4. The summed E-state index contributed by atoms with van der Waals surface area (Å²) in [6, 6.07) is 10.6. The van der Waals surface area contributed by atoms with Gasteiger partial charge in [-0.25, -0.2) is 4.39 Å². The average molecular weight is 286 g/mol. The van der Waals surface area contributed by atoms with Gasteiger partial charge in [0.15, 0.2) is 0 Å². The molecule has 0 bridgehead atoms. The van der Waals surface area contributed by atoms with Crippen LogP contribution in [0.15, 0.2) is 36.4 Å². The third-order valence-electron chi connectivity index (χ3n) is 3.42. The molecule has 0 saturated heterocycles. The van der Waals surface area contributed by atoms with E-state index in [1.807, 2.05) is 32.0 Å². The van der Waals surface area contributed by atoms with Gasteiger partial charge in [-0.2, -0.15) is 0 Å². The summed E-state index contributed by atoms with van der Waals surface area (Å²) in [6.45, 7) is 5.88. The Kier molecular flexibility index (Phi) is 4.58. The Balaban J connectivity index is 1.92. The molecule has 0 atom stereocenters. The molecule has 0 aromatic heterocycles. The molecule has 2 N–H and O–H groups in total. The standard InChI is InChI=1S/C17H19FN2O/c1-11-4-6-14(8-13(11)3)19-10-17(21)20-15-7-5-12(2)16(18)9-15/h4-9,19H,10H2,1-3H3,(H,20,21). The van der Waals surface area contributed by atoms with Crippen LogP contribution in [-0.2, 0) is 4.79 Å². The Hall–Kier alpha value is -2.36. The molecule has 2 rings (SSSR count). The second-order valence-electron chi connectivity index (χ2n) is 5.16. The van der Waals surface area contributed by atoms with Crippen LogP contribution in [0.25, 0.3) is 0 Å². The molecule has 0 radical (unpaired) electrons. The van der Waals surface area contributed by atoms with Gasteiger partial charge in [0.05, 0.1) is 6.54 Å². The van der Waals surface area contributed by atoms with E-state index >= 15 is 0 Å². The molecule has 0 spiro atoms. The fourth-order valence-corrected chi connectivity index (χ4v) is 1.91. The number of hydrogen-bond acceptors (Lipinski definition) is 2. The fraction of sp³-hybridized carbons (Fsp3) is 0.235. The minimum absolute atomic E-state index is 0.137. The molecular formula is C17H19FN2O. The molecule has 0 heterocycles. The molecule has 0 aliphatic carbocycles. The Morgan fingerprint density at radius 3 is 2.29 bits per heavy atom. The number of halogens is 1. The number of hydrogen-bond donors (Lipinski definition) is 2. The maximum Gasteiger partial charge on any atom is 0.243 e. The normalized spacial score (nSPS) is 10.3. The molecular weight excluding hydrogens is 267 g/mol. The monoisotopic (exact) mass is 286 g/mol. The van der Waals surface area contributed by atoms with Gasteiger partial charge in [-0.1, -0.05) is 12.1 Å². The van der Waals surface area contributed by atoms with E-state index in [1.54, 1.807) is 19.1 Å². The Bertz CT molecular complexity index is 668. The van der Waals surface area contributed by atoms with Gasteiger partial charge >= 0.3 is 0 Å². The van der Waals surface area contributed by atoms with E-state index in [9.17, 15) is 9.18 Å². The highest BCUT2D eigenvalue weighted by Crippen LogP contribution is 2.15. The van der Waals surface area contributed by atoms with Crippen molar-refractivity contribution in [3.8, 4) is 0 Å². The van der Waals surface area contributed by atoms with Crippen LogP contribution in [0.3, 0.4) is 0 Å². The second-order valence-corrected chi connectivity index (χ2v) is 5.16. The van der Waals surface area contributed by atoms with Crippen molar-refractivity contribution in [1.82, 2.24) is 0 Å². The van der Waals surface area contributed by atoms with Gasteiger partial charge in [0.25, 0.3) is 0 Å². The lowest BCUT2D eigenvalue weighted by molar-refractivity contribution is -0.114. The molecule has 0 fully saturated rings. The lowest BCUT2D eigenvalue weighted by Crippen LogP contribution is -2.21. The fourth-order valence-electron chi connectivity index (χ4n) is 1.91. The summed E-state index contributed by atoms with van der Waals surface area (Å²) in [5.41, 5.74) is 4.29. The molecule has 2 aromatic carbocycles. The van der Waals surface area contributed by atoms with Gasteiger partial charge in [0, 0.05) is 11.4 Å². The number of rotatable bonds is 4. The van der Waals surface area contributed by atoms with E-state index in [0.717, 1.165) is 5.69 Å². The third kappa shape index (κ3) is 4.05. The minimum Gasteiger partial charge on any atom is -0.376 e. The zero-order valence-corrected chi connectivity index (χ0v) is 12.5. The van der Waals surface area contributed by atoms with Crippen LogP contribution >= 0.6 is 0 Å². The highest BCUT2D eigenvalue weighted by Gasteiger charge is 2.05. The van der Waals surface area contributed by atoms with E-state index < -0.39 is 0 Å². The Labute approximate surface area is 124 Å². The zero-order chi connectivity index (χ0) is 15.4. The van der Waals surface area contributed by atoms with E-state index in [1.165, 1.54) is 17.2 Å². The largest absolute Gasteiger partial charge is 0.376 e. The molecule has 110 valence electrons. The van der Waals surface area contributed by atoms with Crippen LogP contribution in [0.2, 0.25) is 0 Å². The van der Waals surface area contributed by atoms with Crippen LogP contribution < -0.4 is 10.6 Å². The van der Waals surface area contributed by atoms with Crippen LogP contribution in [0.4, 0.5) is 15.8 Å². The molecule has 0 unspecified atom stereocenters. The molecule has 2 aromatic rings. The van der Waals surface area contributed by atoms with Gasteiger partial charge in [-0.05, 0) is 61.7 Å². The van der Waals surface area contributed by atoms with Gasteiger partial charge < -0.3 is 10.6 Å². The van der Waals surface area contributed by atoms with E-state index in [4.69, 9.17) is 0 Å². The van der Waals surface area contributed by atoms with E-state index in [-0.39, 0.29) is 18.3 Å². The Morgan fingerprint density at radius 2 is 1.62 bits per heavy atom. The van der Waals surface area contributed by atoms with Crippen LogP contribution in [-0.4, -0.2) is 12.5 Å². The Morgan fingerprint density at radius 1 is 0.952 bits per heavy atom. The summed E-state index contributed by atoms with van der Waals surface area (Å²) in [7, 11) is 0. The zero-order valence-electron chi connectivity index (χ0n) is 12.5. The molecule has 0 aliphatic heterocycles. The third-order valence-corrected chi connectivity index (χ3v) is 3.42. The smallest absolute Gasteiger partial charge is 0.243 e. The molecule has 21 heavy (non-hydrogen) atoms. The topological polar surface area (TPSA) is 41.1 Å². The minimum atomic E-state index is -0.324. The highest BCUT2D eigenvalue weighted by atomic mass is 19.1. The predicted molar refractivity (Wildman–Crippen MR) is 84.2 cm³/mol. The van der Waals surface area contributed by atoms with E-state index in [2.05, 4.69) is 10.6 Å². The SMILES string of the molecule is Cc1ccc(NCC(=O)Nc2ccc(C)c(F)c2)cc1C. The number of amides is 1. The van der Waals surface area contributed by atoms with Gasteiger partial charge in [-0.3, -0.25) is 4.79 Å². The molecule has 3 nitrogen and oxygen atoms in total. The van der Waals surface area contributed by atoms with Gasteiger partial charge in [0.1, 0.15) is 5.82 Å². The first-order valence-electron chi connectivity index (χ1n) is 6.83. The summed E-state index contributed by atoms with van der Waals surface area (Å²) in [5.74, 6) is -0.536. The lowest BCUT2D eigenvalue weighted by atomic mass is 10.1. The van der Waals surface area contributed by atoms with Gasteiger partial charge in [0.2, 0.25) is 5.91 Å². The molecule has 0 saturated carbocycles. The maximum atomic E-state index is 13.4. The summed E-state index contributed by atoms with van der Waals surface area (Å²) in [6.07, 6.45) is 0. The van der Waals surface area contributed by atoms with Crippen molar-refractivity contribution in [2.75, 3.05) is 17.2 Å². The van der Waals surface area contributed by atoms with Crippen molar-refractivity contribution in [2.45, 2.75) is 20.8 Å². The van der Waals surface area contributed by atoms with Crippen molar-refractivity contribution >= 4 is 17.3 Å². The van der Waals surface area contributed by atoms with Crippen LogP contribution in [0, 0.1) is 26.6 Å². The maximum absolute atomic E-state index is 13.4. The quantitative estimate of drug-likeness (QED) is 0.897. The van der Waals surface area contributed by atoms with Gasteiger partial charge in [-0.15, -0.1) is 0 Å². The number of benzene rings is 2. The number of carbonyl (C=O) groups excluding carboxylic acids is 1. The summed E-state index contributed by atoms with van der Waals surface area (Å²) in [4.78, 5) is 11.8. The first-order chi connectivity index (χ1) is 9.95.